The third kappa shape index (κ3) is 9.03. The molecule has 0 bridgehead atoms. The number of unbranched alkanes of at least 4 members (excludes halogenated alkanes) is 7. The van der Waals surface area contributed by atoms with E-state index in [4.69, 9.17) is 0 Å². The molecule has 1 aromatic carbocycles. The number of halogens is 1. The lowest BCUT2D eigenvalue weighted by Crippen LogP contribution is -2.48. The van der Waals surface area contributed by atoms with Crippen LogP contribution < -0.4 is 10.9 Å². The highest BCUT2D eigenvalue weighted by Crippen LogP contribution is 2.35. The highest BCUT2D eigenvalue weighted by Gasteiger charge is 2.29. The Morgan fingerprint density at radius 3 is 2.33 bits per heavy atom. The minimum atomic E-state index is -3.88. The molecule has 274 valence electrons. The van der Waals surface area contributed by atoms with E-state index in [0.717, 1.165) is 68.7 Å². The van der Waals surface area contributed by atoms with Crippen molar-refractivity contribution in [3.05, 3.63) is 70.7 Å². The summed E-state index contributed by atoms with van der Waals surface area (Å²) in [6.07, 6.45) is 17.1. The van der Waals surface area contributed by atoms with Crippen LogP contribution in [-0.2, 0) is 19.6 Å². The highest BCUT2D eigenvalue weighted by atomic mass is 32.2. The first-order valence-electron chi connectivity index (χ1n) is 18.1. The summed E-state index contributed by atoms with van der Waals surface area (Å²) in [4.78, 5) is 31.3. The van der Waals surface area contributed by atoms with E-state index in [1.54, 1.807) is 25.4 Å². The van der Waals surface area contributed by atoms with Crippen molar-refractivity contribution < 1.29 is 22.3 Å². The van der Waals surface area contributed by atoms with Gasteiger partial charge in [-0.15, -0.1) is 0 Å². The second-order valence-electron chi connectivity index (χ2n) is 13.6. The van der Waals surface area contributed by atoms with Crippen molar-refractivity contribution in [2.45, 2.75) is 88.5 Å². The Labute approximate surface area is 298 Å². The molecule has 3 aromatic heterocycles. The molecule has 4 aromatic rings. The third-order valence-electron chi connectivity index (χ3n) is 9.90. The van der Waals surface area contributed by atoms with Crippen molar-refractivity contribution >= 4 is 33.1 Å². The Kier molecular flexibility index (Phi) is 11.8. The standard InChI is InChI=1S/C37H48FN7O5S/c1-27-36(41-34-17-12-28(25-44(34)37(27)47)29-24-39-45(26-29)30-13-14-30)40-33-16-15-31(23-32(33)38)51(48,49)43-21-19-42(20-22-43)18-10-8-6-4-3-5-7-9-11-35(46)50-2/h12,15-17,23-26,30,40H,3-11,13-14,18-22H2,1-2H3. The van der Waals surface area contributed by atoms with Crippen LogP contribution in [0.5, 0.6) is 0 Å². The fourth-order valence-corrected chi connectivity index (χ4v) is 7.98. The number of fused-ring (bicyclic) bond motifs is 1. The molecule has 1 saturated carbocycles. The molecule has 0 radical (unpaired) electrons. The number of aromatic nitrogens is 4. The number of pyridine rings is 1. The van der Waals surface area contributed by atoms with Crippen LogP contribution in [0.15, 0.2) is 58.6 Å². The number of methoxy groups -OCH3 is 1. The summed E-state index contributed by atoms with van der Waals surface area (Å²) in [5.41, 5.74) is 2.18. The fraction of sp³-hybridized carbons (Fsp3) is 0.514. The smallest absolute Gasteiger partial charge is 0.305 e. The molecule has 4 heterocycles. The number of nitrogens with one attached hydrogen (secondary N) is 1. The lowest BCUT2D eigenvalue weighted by Gasteiger charge is -2.34. The second kappa shape index (κ2) is 16.5. The average molecular weight is 722 g/mol. The zero-order valence-electron chi connectivity index (χ0n) is 29.5. The summed E-state index contributed by atoms with van der Waals surface area (Å²) in [5, 5.41) is 7.35. The minimum absolute atomic E-state index is 0.0285. The fourth-order valence-electron chi connectivity index (χ4n) is 6.54. The van der Waals surface area contributed by atoms with Crippen molar-refractivity contribution in [3.8, 4) is 11.1 Å². The van der Waals surface area contributed by atoms with Crippen molar-refractivity contribution in [3.63, 3.8) is 0 Å². The summed E-state index contributed by atoms with van der Waals surface area (Å²) in [7, 11) is -2.46. The largest absolute Gasteiger partial charge is 0.469 e. The lowest BCUT2D eigenvalue weighted by atomic mass is 10.1. The van der Waals surface area contributed by atoms with Crippen molar-refractivity contribution in [1.82, 2.24) is 28.4 Å². The number of anilines is 2. The van der Waals surface area contributed by atoms with E-state index in [0.29, 0.717) is 49.9 Å². The topological polar surface area (TPSA) is 131 Å². The Balaban J connectivity index is 0.986. The van der Waals surface area contributed by atoms with Gasteiger partial charge in [-0.25, -0.2) is 17.8 Å². The summed E-state index contributed by atoms with van der Waals surface area (Å²) >= 11 is 0. The molecule has 1 aliphatic carbocycles. The number of rotatable bonds is 17. The third-order valence-corrected chi connectivity index (χ3v) is 11.8. The van der Waals surface area contributed by atoms with Gasteiger partial charge in [0.1, 0.15) is 17.3 Å². The van der Waals surface area contributed by atoms with E-state index in [1.165, 1.54) is 47.2 Å². The van der Waals surface area contributed by atoms with Crippen molar-refractivity contribution in [2.24, 2.45) is 0 Å². The van der Waals surface area contributed by atoms with Crippen LogP contribution in [0.4, 0.5) is 15.9 Å². The molecule has 2 aliphatic rings. The molecule has 12 nitrogen and oxygen atoms in total. The Hall–Kier alpha value is -4.14. The van der Waals surface area contributed by atoms with Crippen molar-refractivity contribution in [2.75, 3.05) is 45.2 Å². The molecule has 6 rings (SSSR count). The number of benzene rings is 1. The first-order valence-corrected chi connectivity index (χ1v) is 19.5. The van der Waals surface area contributed by atoms with E-state index in [1.807, 2.05) is 16.9 Å². The maximum atomic E-state index is 15.4. The van der Waals surface area contributed by atoms with Gasteiger partial charge in [-0.1, -0.05) is 38.5 Å². The number of carbonyl (C=O) groups excluding carboxylic acids is 1. The van der Waals surface area contributed by atoms with E-state index in [2.05, 4.69) is 25.0 Å². The van der Waals surface area contributed by atoms with Crippen LogP contribution in [0.2, 0.25) is 0 Å². The lowest BCUT2D eigenvalue weighted by molar-refractivity contribution is -0.140. The molecular formula is C37H48FN7O5S. The maximum Gasteiger partial charge on any atom is 0.305 e. The van der Waals surface area contributed by atoms with E-state index in [9.17, 15) is 18.0 Å². The van der Waals surface area contributed by atoms with Gasteiger partial charge in [0.2, 0.25) is 10.0 Å². The van der Waals surface area contributed by atoms with Crippen LogP contribution in [-0.4, -0.2) is 82.6 Å². The number of carbonyl (C=O) groups is 1. The first kappa shape index (κ1) is 36.6. The van der Waals surface area contributed by atoms with E-state index < -0.39 is 15.8 Å². The summed E-state index contributed by atoms with van der Waals surface area (Å²) in [6, 6.07) is 7.87. The number of esters is 1. The van der Waals surface area contributed by atoms with Gasteiger partial charge in [-0.2, -0.15) is 9.40 Å². The summed E-state index contributed by atoms with van der Waals surface area (Å²) in [6.45, 7) is 4.53. The van der Waals surface area contributed by atoms with Gasteiger partial charge >= 0.3 is 5.97 Å². The zero-order chi connectivity index (χ0) is 36.0. The first-order chi connectivity index (χ1) is 24.6. The molecule has 0 spiro atoms. The number of hydrogen-bond acceptors (Lipinski definition) is 9. The van der Waals surface area contributed by atoms with Crippen molar-refractivity contribution in [1.29, 1.82) is 0 Å². The molecule has 0 atom stereocenters. The quantitative estimate of drug-likeness (QED) is 0.102. The number of sulfonamides is 1. The molecule has 51 heavy (non-hydrogen) atoms. The predicted octanol–water partition coefficient (Wildman–Crippen LogP) is 6.07. The number of nitrogens with zero attached hydrogens (tertiary/aromatic N) is 6. The Morgan fingerprint density at radius 2 is 1.65 bits per heavy atom. The van der Waals surface area contributed by atoms with E-state index in [-0.39, 0.29) is 27.9 Å². The van der Waals surface area contributed by atoms with Gasteiger partial charge in [-0.3, -0.25) is 18.7 Å². The molecule has 1 N–H and O–H groups in total. The van der Waals surface area contributed by atoms with Gasteiger partial charge in [0, 0.05) is 56.1 Å². The SMILES string of the molecule is COC(=O)CCCCCCCCCCN1CCN(S(=O)(=O)c2ccc(Nc3nc4ccc(-c5cnn(C6CC6)c5)cn4c(=O)c3C)c(F)c2)CC1. The van der Waals surface area contributed by atoms with E-state index >= 15 is 4.39 Å². The molecule has 1 aliphatic heterocycles. The van der Waals surface area contributed by atoms with Crippen LogP contribution in [0.1, 0.15) is 82.2 Å². The maximum absolute atomic E-state index is 15.4. The Morgan fingerprint density at radius 1 is 0.941 bits per heavy atom. The predicted molar refractivity (Wildman–Crippen MR) is 194 cm³/mol. The summed E-state index contributed by atoms with van der Waals surface area (Å²) < 4.78 is 51.8. The van der Waals surface area contributed by atoms with Crippen LogP contribution in [0, 0.1) is 12.7 Å². The average Bonchev–Trinajstić information content (AvgIpc) is 3.87. The summed E-state index contributed by atoms with van der Waals surface area (Å²) in [5.74, 6) is -0.688. The van der Waals surface area contributed by atoms with Gasteiger partial charge < -0.3 is 15.0 Å². The normalized spacial score (nSPS) is 15.7. The Bertz CT molecular complexity index is 2000. The van der Waals surface area contributed by atoms with Crippen LogP contribution >= 0.6 is 0 Å². The second-order valence-corrected chi connectivity index (χ2v) is 15.6. The van der Waals surface area contributed by atoms with Gasteiger partial charge in [-0.05, 0) is 69.5 Å². The highest BCUT2D eigenvalue weighted by molar-refractivity contribution is 7.89. The minimum Gasteiger partial charge on any atom is -0.469 e. The monoisotopic (exact) mass is 721 g/mol. The molecule has 2 fully saturated rings. The van der Waals surface area contributed by atoms with Gasteiger partial charge in [0.05, 0.1) is 35.5 Å². The van der Waals surface area contributed by atoms with Crippen LogP contribution in [0.3, 0.4) is 0 Å². The molecular weight excluding hydrogens is 674 g/mol. The van der Waals surface area contributed by atoms with Crippen LogP contribution in [0.25, 0.3) is 16.8 Å². The van der Waals surface area contributed by atoms with Gasteiger partial charge in [0.15, 0.2) is 0 Å². The zero-order valence-corrected chi connectivity index (χ0v) is 30.3. The number of piperazine rings is 1. The molecule has 0 unspecified atom stereocenters. The molecule has 0 amide bonds. The van der Waals surface area contributed by atoms with Gasteiger partial charge in [0.25, 0.3) is 5.56 Å². The number of hydrogen-bond donors (Lipinski definition) is 1. The number of ether oxygens (including phenoxy) is 1. The molecule has 14 heteroatoms. The molecule has 1 saturated heterocycles.